The summed E-state index contributed by atoms with van der Waals surface area (Å²) in [4.78, 5) is 4.50. The van der Waals surface area contributed by atoms with E-state index >= 15 is 0 Å². The van der Waals surface area contributed by atoms with Crippen LogP contribution in [0.15, 0.2) is 36.5 Å². The molecule has 3 nitrogen and oxygen atoms in total. The summed E-state index contributed by atoms with van der Waals surface area (Å²) in [5.74, 6) is 0.815. The van der Waals surface area contributed by atoms with Crippen LogP contribution in [0.1, 0.15) is 24.5 Å². The number of aromatic nitrogens is 1. The predicted molar refractivity (Wildman–Crippen MR) is 83.0 cm³/mol. The third kappa shape index (κ3) is 3.36. The fourth-order valence-corrected chi connectivity index (χ4v) is 2.22. The lowest BCUT2D eigenvalue weighted by Crippen LogP contribution is -2.14. The maximum atomic E-state index is 5.44. The number of rotatable bonds is 6. The van der Waals surface area contributed by atoms with E-state index in [4.69, 9.17) is 4.74 Å². The largest absolute Gasteiger partial charge is 0.494 e. The Balaban J connectivity index is 2.40. The Morgan fingerprint density at radius 1 is 1.25 bits per heavy atom. The van der Waals surface area contributed by atoms with Crippen LogP contribution in [0.2, 0.25) is 0 Å². The topological polar surface area (TPSA) is 34.2 Å². The number of methoxy groups -OCH3 is 1. The van der Waals surface area contributed by atoms with Gasteiger partial charge in [0.1, 0.15) is 11.4 Å². The molecule has 0 aliphatic carbocycles. The van der Waals surface area contributed by atoms with Crippen LogP contribution in [0, 0.1) is 6.92 Å². The van der Waals surface area contributed by atoms with Gasteiger partial charge in [-0.3, -0.25) is 4.98 Å². The van der Waals surface area contributed by atoms with Crippen LogP contribution in [0.3, 0.4) is 0 Å². The first-order valence-corrected chi connectivity index (χ1v) is 7.06. The molecule has 0 radical (unpaired) electrons. The van der Waals surface area contributed by atoms with Crippen molar-refractivity contribution < 1.29 is 4.74 Å². The van der Waals surface area contributed by atoms with Crippen LogP contribution < -0.4 is 10.1 Å². The van der Waals surface area contributed by atoms with E-state index in [-0.39, 0.29) is 0 Å². The molecule has 0 saturated heterocycles. The van der Waals surface area contributed by atoms with Crippen molar-refractivity contribution >= 4 is 0 Å². The number of hydrogen-bond acceptors (Lipinski definition) is 3. The second-order valence-electron chi connectivity index (χ2n) is 4.89. The predicted octanol–water partition coefficient (Wildman–Crippen LogP) is 3.57. The molecule has 0 aliphatic rings. The van der Waals surface area contributed by atoms with Crippen LogP contribution in [0.5, 0.6) is 5.75 Å². The van der Waals surface area contributed by atoms with Crippen molar-refractivity contribution in [2.45, 2.75) is 26.8 Å². The molecule has 3 heteroatoms. The van der Waals surface area contributed by atoms with Gasteiger partial charge in [0.2, 0.25) is 0 Å². The monoisotopic (exact) mass is 270 g/mol. The van der Waals surface area contributed by atoms with Crippen molar-refractivity contribution in [3.05, 3.63) is 47.7 Å². The minimum atomic E-state index is 0.815. The molecule has 1 aromatic carbocycles. The first-order valence-electron chi connectivity index (χ1n) is 7.06. The number of ether oxygens (including phenoxy) is 1. The van der Waals surface area contributed by atoms with E-state index in [0.717, 1.165) is 36.5 Å². The standard InChI is InChI=1S/C17H22N2O/c1-4-9-18-12-14-8-7-13(2)11-15(14)17-16(20-3)6-5-10-19-17/h5-8,10-11,18H,4,9,12H2,1-3H3. The van der Waals surface area contributed by atoms with Crippen LogP contribution in [-0.2, 0) is 6.54 Å². The molecule has 0 saturated carbocycles. The van der Waals surface area contributed by atoms with Gasteiger partial charge in [-0.2, -0.15) is 0 Å². The van der Waals surface area contributed by atoms with Gasteiger partial charge in [-0.25, -0.2) is 0 Å². The second kappa shape index (κ2) is 7.06. The summed E-state index contributed by atoms with van der Waals surface area (Å²) in [5, 5.41) is 3.45. The molecule has 1 heterocycles. The van der Waals surface area contributed by atoms with E-state index < -0.39 is 0 Å². The van der Waals surface area contributed by atoms with Gasteiger partial charge in [-0.15, -0.1) is 0 Å². The van der Waals surface area contributed by atoms with Crippen molar-refractivity contribution in [1.29, 1.82) is 0 Å². The smallest absolute Gasteiger partial charge is 0.145 e. The average molecular weight is 270 g/mol. The highest BCUT2D eigenvalue weighted by Gasteiger charge is 2.11. The molecule has 20 heavy (non-hydrogen) atoms. The van der Waals surface area contributed by atoms with Gasteiger partial charge in [-0.05, 0) is 43.7 Å². The molecule has 1 aromatic heterocycles. The summed E-state index contributed by atoms with van der Waals surface area (Å²) in [5.41, 5.74) is 4.53. The summed E-state index contributed by atoms with van der Waals surface area (Å²) in [6.07, 6.45) is 2.94. The van der Waals surface area contributed by atoms with Gasteiger partial charge in [0.15, 0.2) is 0 Å². The fraction of sp³-hybridized carbons (Fsp3) is 0.353. The lowest BCUT2D eigenvalue weighted by atomic mass is 10.0. The summed E-state index contributed by atoms with van der Waals surface area (Å²) >= 11 is 0. The van der Waals surface area contributed by atoms with Crippen LogP contribution >= 0.6 is 0 Å². The molecule has 0 atom stereocenters. The van der Waals surface area contributed by atoms with Gasteiger partial charge < -0.3 is 10.1 Å². The van der Waals surface area contributed by atoms with Crippen molar-refractivity contribution in [2.24, 2.45) is 0 Å². The van der Waals surface area contributed by atoms with E-state index in [0.29, 0.717) is 0 Å². The van der Waals surface area contributed by atoms with Gasteiger partial charge in [0, 0.05) is 18.3 Å². The second-order valence-corrected chi connectivity index (χ2v) is 4.89. The number of nitrogens with zero attached hydrogens (tertiary/aromatic N) is 1. The van der Waals surface area contributed by atoms with E-state index in [1.165, 1.54) is 11.1 Å². The summed E-state index contributed by atoms with van der Waals surface area (Å²) in [7, 11) is 1.69. The molecule has 1 N–H and O–H groups in total. The SMILES string of the molecule is CCCNCc1ccc(C)cc1-c1ncccc1OC. The molecule has 106 valence electrons. The summed E-state index contributed by atoms with van der Waals surface area (Å²) < 4.78 is 5.44. The van der Waals surface area contributed by atoms with Gasteiger partial charge in [0.25, 0.3) is 0 Å². The van der Waals surface area contributed by atoms with Crippen LogP contribution in [0.25, 0.3) is 11.3 Å². The molecule has 2 rings (SSSR count). The third-order valence-corrected chi connectivity index (χ3v) is 3.25. The molecule has 0 unspecified atom stereocenters. The molecule has 0 aliphatic heterocycles. The molecule has 0 bridgehead atoms. The molecular formula is C17H22N2O. The van der Waals surface area contributed by atoms with Crippen molar-refractivity contribution in [1.82, 2.24) is 10.3 Å². The number of nitrogens with one attached hydrogen (secondary N) is 1. The summed E-state index contributed by atoms with van der Waals surface area (Å²) in [6, 6.07) is 10.3. The zero-order valence-corrected chi connectivity index (χ0v) is 12.4. The first-order chi connectivity index (χ1) is 9.76. The quantitative estimate of drug-likeness (QED) is 0.815. The number of benzene rings is 1. The zero-order chi connectivity index (χ0) is 14.4. The highest BCUT2D eigenvalue weighted by molar-refractivity contribution is 5.70. The fourth-order valence-electron chi connectivity index (χ4n) is 2.22. The maximum absolute atomic E-state index is 5.44. The van der Waals surface area contributed by atoms with Gasteiger partial charge in [-0.1, -0.05) is 24.6 Å². The Hall–Kier alpha value is -1.87. The van der Waals surface area contributed by atoms with Crippen molar-refractivity contribution in [3.8, 4) is 17.0 Å². The highest BCUT2D eigenvalue weighted by atomic mass is 16.5. The Morgan fingerprint density at radius 2 is 2.10 bits per heavy atom. The summed E-state index contributed by atoms with van der Waals surface area (Å²) in [6.45, 7) is 6.14. The van der Waals surface area contributed by atoms with Gasteiger partial charge in [0.05, 0.1) is 7.11 Å². The Kier molecular flexibility index (Phi) is 5.13. The van der Waals surface area contributed by atoms with E-state index in [2.05, 4.69) is 42.3 Å². The first kappa shape index (κ1) is 14.5. The highest BCUT2D eigenvalue weighted by Crippen LogP contribution is 2.30. The molecule has 0 fully saturated rings. The number of aryl methyl sites for hydroxylation is 1. The van der Waals surface area contributed by atoms with Crippen molar-refractivity contribution in [2.75, 3.05) is 13.7 Å². The van der Waals surface area contributed by atoms with Crippen LogP contribution in [0.4, 0.5) is 0 Å². The molecule has 0 spiro atoms. The van der Waals surface area contributed by atoms with Gasteiger partial charge >= 0.3 is 0 Å². The normalized spacial score (nSPS) is 10.6. The van der Waals surface area contributed by atoms with E-state index in [1.54, 1.807) is 7.11 Å². The Bertz CT molecular complexity index is 567. The molecule has 0 amide bonds. The minimum absolute atomic E-state index is 0.815. The lowest BCUT2D eigenvalue weighted by Gasteiger charge is -2.13. The Morgan fingerprint density at radius 3 is 2.85 bits per heavy atom. The minimum Gasteiger partial charge on any atom is -0.494 e. The third-order valence-electron chi connectivity index (χ3n) is 3.25. The molecular weight excluding hydrogens is 248 g/mol. The van der Waals surface area contributed by atoms with Crippen molar-refractivity contribution in [3.63, 3.8) is 0 Å². The van der Waals surface area contributed by atoms with Crippen LogP contribution in [-0.4, -0.2) is 18.6 Å². The maximum Gasteiger partial charge on any atom is 0.145 e. The average Bonchev–Trinajstić information content (AvgIpc) is 2.49. The molecule has 2 aromatic rings. The zero-order valence-electron chi connectivity index (χ0n) is 12.4. The van der Waals surface area contributed by atoms with E-state index in [9.17, 15) is 0 Å². The van der Waals surface area contributed by atoms with E-state index in [1.807, 2.05) is 18.3 Å². The number of pyridine rings is 1. The number of hydrogen-bond donors (Lipinski definition) is 1. The Labute approximate surface area is 121 Å². The lowest BCUT2D eigenvalue weighted by molar-refractivity contribution is 0.414.